The molecule has 1 aromatic heterocycles. The summed E-state index contributed by atoms with van der Waals surface area (Å²) in [6.07, 6.45) is 4.56. The Bertz CT molecular complexity index is 945. The van der Waals surface area contributed by atoms with Gasteiger partial charge in [0.25, 0.3) is 0 Å². The van der Waals surface area contributed by atoms with Gasteiger partial charge >= 0.3 is 0 Å². The van der Waals surface area contributed by atoms with Gasteiger partial charge in [0.2, 0.25) is 11.9 Å². The quantitative estimate of drug-likeness (QED) is 0.518. The Kier molecular flexibility index (Phi) is 8.79. The molecule has 0 spiro atoms. The minimum absolute atomic E-state index is 0.0499. The van der Waals surface area contributed by atoms with Crippen molar-refractivity contribution in [2.75, 3.05) is 68.1 Å². The van der Waals surface area contributed by atoms with E-state index in [2.05, 4.69) is 44.6 Å². The largest absolute Gasteiger partial charge is 0.375 e. The number of benzene rings is 1. The molecule has 4 rings (SSSR count). The van der Waals surface area contributed by atoms with Gasteiger partial charge in [-0.2, -0.15) is 4.98 Å². The van der Waals surface area contributed by atoms with Crippen LogP contribution in [0.25, 0.3) is 0 Å². The highest BCUT2D eigenvalue weighted by Crippen LogP contribution is 2.24. The summed E-state index contributed by atoms with van der Waals surface area (Å²) in [7, 11) is 0. The molecule has 2 aliphatic heterocycles. The summed E-state index contributed by atoms with van der Waals surface area (Å²) in [5, 5.41) is 6.96. The van der Waals surface area contributed by atoms with Crippen LogP contribution < -0.4 is 15.5 Å². The summed E-state index contributed by atoms with van der Waals surface area (Å²) < 4.78 is 11.0. The molecule has 0 bridgehead atoms. The van der Waals surface area contributed by atoms with Gasteiger partial charge in [0, 0.05) is 50.7 Å². The molecule has 0 saturated carbocycles. The van der Waals surface area contributed by atoms with E-state index in [0.29, 0.717) is 42.6 Å². The van der Waals surface area contributed by atoms with Crippen LogP contribution >= 0.6 is 11.6 Å². The third-order valence-electron chi connectivity index (χ3n) is 6.02. The molecule has 2 aromatic rings. The fourth-order valence-corrected chi connectivity index (χ4v) is 4.24. The van der Waals surface area contributed by atoms with Crippen molar-refractivity contribution >= 4 is 40.6 Å². The molecule has 3 heterocycles. The molecule has 0 radical (unpaired) electrons. The Morgan fingerprint density at radius 2 is 2.06 bits per heavy atom. The molecule has 2 N–H and O–H groups in total. The van der Waals surface area contributed by atoms with Crippen LogP contribution in [-0.4, -0.2) is 79.4 Å². The van der Waals surface area contributed by atoms with Gasteiger partial charge in [-0.05, 0) is 43.5 Å². The summed E-state index contributed by atoms with van der Waals surface area (Å²) in [4.78, 5) is 25.0. The van der Waals surface area contributed by atoms with Crippen LogP contribution in [0.15, 0.2) is 30.5 Å². The third kappa shape index (κ3) is 6.71. The lowest BCUT2D eigenvalue weighted by Gasteiger charge is -2.34. The van der Waals surface area contributed by atoms with Crippen molar-refractivity contribution in [3.63, 3.8) is 0 Å². The number of aromatic nitrogens is 2. The van der Waals surface area contributed by atoms with Crippen LogP contribution in [0.3, 0.4) is 0 Å². The van der Waals surface area contributed by atoms with Gasteiger partial charge in [-0.3, -0.25) is 4.79 Å². The van der Waals surface area contributed by atoms with Crippen molar-refractivity contribution < 1.29 is 14.3 Å². The Labute approximate surface area is 205 Å². The fourth-order valence-electron chi connectivity index (χ4n) is 4.08. The van der Waals surface area contributed by atoms with Crippen molar-refractivity contribution in [3.05, 3.63) is 35.5 Å². The first-order chi connectivity index (χ1) is 16.6. The number of rotatable bonds is 9. The third-order valence-corrected chi connectivity index (χ3v) is 6.30. The van der Waals surface area contributed by atoms with Crippen molar-refractivity contribution in [1.29, 1.82) is 0 Å². The van der Waals surface area contributed by atoms with Crippen LogP contribution in [0.5, 0.6) is 0 Å². The first-order valence-corrected chi connectivity index (χ1v) is 12.4. The number of carbonyl (C=O) groups excluding carboxylic acids is 1. The molecular formula is C24H33ClN6O3. The van der Waals surface area contributed by atoms with Crippen molar-refractivity contribution in [2.24, 2.45) is 0 Å². The molecular weight excluding hydrogens is 456 g/mol. The first-order valence-electron chi connectivity index (χ1n) is 12.0. The molecule has 1 amide bonds. The van der Waals surface area contributed by atoms with Gasteiger partial charge in [-0.1, -0.05) is 18.5 Å². The standard InChI is InChI=1S/C24H33ClN6O3/c1-2-20-16-31(12-14-34-20)19-7-5-18(6-8-19)28-24-27-15-21(25)23(29-24)26-9-3-10-30-11-4-13-33-17-22(30)32/h5-8,15,20H,2-4,9-14,16-17H2,1H3,(H2,26,27,28,29). The average Bonchev–Trinajstić information content (AvgIpc) is 3.08. The van der Waals surface area contributed by atoms with E-state index in [1.54, 1.807) is 6.20 Å². The highest BCUT2D eigenvalue weighted by Gasteiger charge is 2.19. The van der Waals surface area contributed by atoms with Gasteiger partial charge < -0.3 is 29.9 Å². The van der Waals surface area contributed by atoms with E-state index < -0.39 is 0 Å². The summed E-state index contributed by atoms with van der Waals surface area (Å²) >= 11 is 6.29. The van der Waals surface area contributed by atoms with E-state index in [-0.39, 0.29) is 12.5 Å². The maximum atomic E-state index is 12.0. The van der Waals surface area contributed by atoms with Gasteiger partial charge in [0.05, 0.1) is 18.9 Å². The number of nitrogens with one attached hydrogen (secondary N) is 2. The molecule has 2 aliphatic rings. The molecule has 1 aromatic carbocycles. The molecule has 2 fully saturated rings. The number of anilines is 4. The smallest absolute Gasteiger partial charge is 0.248 e. The number of hydrogen-bond acceptors (Lipinski definition) is 8. The molecule has 10 heteroatoms. The summed E-state index contributed by atoms with van der Waals surface area (Å²) in [6, 6.07) is 8.26. The second-order valence-electron chi connectivity index (χ2n) is 8.48. The van der Waals surface area contributed by atoms with Crippen molar-refractivity contribution in [2.45, 2.75) is 32.3 Å². The average molecular weight is 489 g/mol. The van der Waals surface area contributed by atoms with Crippen LogP contribution in [-0.2, 0) is 14.3 Å². The zero-order valence-corrected chi connectivity index (χ0v) is 20.4. The Morgan fingerprint density at radius 3 is 2.88 bits per heavy atom. The van der Waals surface area contributed by atoms with Crippen LogP contribution in [0.1, 0.15) is 26.2 Å². The Morgan fingerprint density at radius 1 is 1.21 bits per heavy atom. The molecule has 2 saturated heterocycles. The highest BCUT2D eigenvalue weighted by atomic mass is 35.5. The van der Waals surface area contributed by atoms with Gasteiger partial charge in [-0.15, -0.1) is 0 Å². The lowest BCUT2D eigenvalue weighted by atomic mass is 10.2. The SMILES string of the molecule is CCC1CN(c2ccc(Nc3ncc(Cl)c(NCCCN4CCCOCC4=O)n3)cc2)CCO1. The van der Waals surface area contributed by atoms with Crippen molar-refractivity contribution in [1.82, 2.24) is 14.9 Å². The maximum absolute atomic E-state index is 12.0. The zero-order chi connectivity index (χ0) is 23.8. The number of halogens is 1. The van der Waals surface area contributed by atoms with Gasteiger partial charge in [0.15, 0.2) is 0 Å². The number of ether oxygens (including phenoxy) is 2. The number of morpholine rings is 1. The molecule has 184 valence electrons. The minimum Gasteiger partial charge on any atom is -0.375 e. The maximum Gasteiger partial charge on any atom is 0.248 e. The van der Waals surface area contributed by atoms with E-state index in [4.69, 9.17) is 21.1 Å². The van der Waals surface area contributed by atoms with Crippen molar-refractivity contribution in [3.8, 4) is 0 Å². The van der Waals surface area contributed by atoms with Gasteiger partial charge in [0.1, 0.15) is 17.4 Å². The summed E-state index contributed by atoms with van der Waals surface area (Å²) in [5.41, 5.74) is 2.08. The molecule has 0 aliphatic carbocycles. The summed E-state index contributed by atoms with van der Waals surface area (Å²) in [5.74, 6) is 1.09. The predicted octanol–water partition coefficient (Wildman–Crippen LogP) is 3.54. The normalized spacial score (nSPS) is 19.1. The molecule has 1 unspecified atom stereocenters. The van der Waals surface area contributed by atoms with Crippen LogP contribution in [0, 0.1) is 0 Å². The number of carbonyl (C=O) groups is 1. The second kappa shape index (κ2) is 12.2. The van der Waals surface area contributed by atoms with E-state index in [1.807, 2.05) is 17.0 Å². The van der Waals surface area contributed by atoms with E-state index in [1.165, 1.54) is 5.69 Å². The van der Waals surface area contributed by atoms with E-state index in [9.17, 15) is 4.79 Å². The lowest BCUT2D eigenvalue weighted by Crippen LogP contribution is -2.42. The summed E-state index contributed by atoms with van der Waals surface area (Å²) in [6.45, 7) is 7.61. The topological polar surface area (TPSA) is 91.8 Å². The number of hydrogen-bond donors (Lipinski definition) is 2. The Hall–Kier alpha value is -2.62. The zero-order valence-electron chi connectivity index (χ0n) is 19.6. The predicted molar refractivity (Wildman–Crippen MR) is 134 cm³/mol. The lowest BCUT2D eigenvalue weighted by molar-refractivity contribution is -0.133. The second-order valence-corrected chi connectivity index (χ2v) is 8.88. The van der Waals surface area contributed by atoms with Gasteiger partial charge in [-0.25, -0.2) is 4.98 Å². The van der Waals surface area contributed by atoms with Crippen LogP contribution in [0.2, 0.25) is 5.02 Å². The number of amides is 1. The highest BCUT2D eigenvalue weighted by molar-refractivity contribution is 6.32. The van der Waals surface area contributed by atoms with Crippen LogP contribution in [0.4, 0.5) is 23.1 Å². The van der Waals surface area contributed by atoms with E-state index in [0.717, 1.165) is 51.2 Å². The monoisotopic (exact) mass is 488 g/mol. The first kappa shape index (κ1) is 24.5. The molecule has 34 heavy (non-hydrogen) atoms. The fraction of sp³-hybridized carbons (Fsp3) is 0.542. The Balaban J connectivity index is 1.29. The molecule has 9 nitrogen and oxygen atoms in total. The molecule has 1 atom stereocenters. The number of nitrogens with zero attached hydrogens (tertiary/aromatic N) is 4. The van der Waals surface area contributed by atoms with E-state index >= 15 is 0 Å². The minimum atomic E-state index is 0.0499.